The van der Waals surface area contributed by atoms with Crippen LogP contribution in [0.2, 0.25) is 5.02 Å². The number of halogens is 1. The fourth-order valence-corrected chi connectivity index (χ4v) is 2.87. The van der Waals surface area contributed by atoms with Crippen LogP contribution in [0.15, 0.2) is 48.5 Å². The Hall–Kier alpha value is -2.33. The molecule has 1 atom stereocenters. The minimum absolute atomic E-state index is 0.168. The van der Waals surface area contributed by atoms with Crippen molar-refractivity contribution in [1.29, 1.82) is 0 Å². The number of carbonyl (C=O) groups is 2. The van der Waals surface area contributed by atoms with E-state index in [-0.39, 0.29) is 11.8 Å². The highest BCUT2D eigenvalue weighted by atomic mass is 35.5. The van der Waals surface area contributed by atoms with Gasteiger partial charge in [-0.05, 0) is 35.9 Å². The van der Waals surface area contributed by atoms with Crippen LogP contribution >= 0.6 is 11.6 Å². The summed E-state index contributed by atoms with van der Waals surface area (Å²) in [5.41, 5.74) is 2.30. The first kappa shape index (κ1) is 14.6. The van der Waals surface area contributed by atoms with Gasteiger partial charge in [-0.1, -0.05) is 29.8 Å². The van der Waals surface area contributed by atoms with Crippen LogP contribution in [0, 0.1) is 0 Å². The SMILES string of the molecule is CNC(=O)C1Cc2ccccc2N1C(=O)c1ccc(Cl)cc1. The highest BCUT2D eigenvalue weighted by Crippen LogP contribution is 2.33. The van der Waals surface area contributed by atoms with Crippen LogP contribution in [0.4, 0.5) is 5.69 Å². The van der Waals surface area contributed by atoms with Crippen molar-refractivity contribution in [1.82, 2.24) is 5.32 Å². The zero-order chi connectivity index (χ0) is 15.7. The minimum Gasteiger partial charge on any atom is -0.357 e. The maximum atomic E-state index is 12.9. The average Bonchev–Trinajstić information content (AvgIpc) is 2.93. The van der Waals surface area contributed by atoms with Crippen molar-refractivity contribution in [3.63, 3.8) is 0 Å². The first-order chi connectivity index (χ1) is 10.6. The summed E-state index contributed by atoms with van der Waals surface area (Å²) in [6.45, 7) is 0. The number of para-hydroxylation sites is 1. The fourth-order valence-electron chi connectivity index (χ4n) is 2.74. The molecular formula is C17H15ClN2O2. The maximum absolute atomic E-state index is 12.9. The molecule has 0 saturated carbocycles. The second-order valence-corrected chi connectivity index (χ2v) is 5.58. The Kier molecular flexibility index (Phi) is 3.86. The van der Waals surface area contributed by atoms with Gasteiger partial charge in [-0.2, -0.15) is 0 Å². The number of nitrogens with one attached hydrogen (secondary N) is 1. The number of fused-ring (bicyclic) bond motifs is 1. The second-order valence-electron chi connectivity index (χ2n) is 5.14. The first-order valence-corrected chi connectivity index (χ1v) is 7.38. The van der Waals surface area contributed by atoms with Gasteiger partial charge in [0.2, 0.25) is 5.91 Å². The van der Waals surface area contributed by atoms with Crippen molar-refractivity contribution < 1.29 is 9.59 Å². The lowest BCUT2D eigenvalue weighted by Crippen LogP contribution is -2.47. The molecule has 1 aliphatic heterocycles. The Bertz CT molecular complexity index is 728. The van der Waals surface area contributed by atoms with E-state index in [1.807, 2.05) is 24.3 Å². The molecule has 5 heteroatoms. The number of hydrogen-bond acceptors (Lipinski definition) is 2. The van der Waals surface area contributed by atoms with Gasteiger partial charge in [0.1, 0.15) is 6.04 Å². The van der Waals surface area contributed by atoms with Gasteiger partial charge in [0, 0.05) is 29.7 Å². The third-order valence-corrected chi connectivity index (χ3v) is 4.09. The summed E-state index contributed by atoms with van der Waals surface area (Å²) in [5, 5.41) is 3.20. The van der Waals surface area contributed by atoms with Gasteiger partial charge in [-0.15, -0.1) is 0 Å². The van der Waals surface area contributed by atoms with E-state index < -0.39 is 6.04 Å². The molecule has 0 spiro atoms. The lowest BCUT2D eigenvalue weighted by Gasteiger charge is -2.24. The van der Waals surface area contributed by atoms with Crippen LogP contribution in [0.25, 0.3) is 0 Å². The molecule has 1 unspecified atom stereocenters. The van der Waals surface area contributed by atoms with E-state index >= 15 is 0 Å². The van der Waals surface area contributed by atoms with Crippen LogP contribution in [-0.2, 0) is 11.2 Å². The van der Waals surface area contributed by atoms with Gasteiger partial charge in [0.15, 0.2) is 0 Å². The maximum Gasteiger partial charge on any atom is 0.259 e. The molecular weight excluding hydrogens is 300 g/mol. The molecule has 2 aromatic rings. The summed E-state index contributed by atoms with van der Waals surface area (Å²) < 4.78 is 0. The van der Waals surface area contributed by atoms with Crippen molar-refractivity contribution in [3.8, 4) is 0 Å². The van der Waals surface area contributed by atoms with E-state index in [0.29, 0.717) is 17.0 Å². The van der Waals surface area contributed by atoms with Crippen molar-refractivity contribution >= 4 is 29.1 Å². The molecule has 22 heavy (non-hydrogen) atoms. The highest BCUT2D eigenvalue weighted by Gasteiger charge is 2.38. The number of anilines is 1. The number of amides is 2. The van der Waals surface area contributed by atoms with Gasteiger partial charge in [-0.3, -0.25) is 14.5 Å². The highest BCUT2D eigenvalue weighted by molar-refractivity contribution is 6.30. The minimum atomic E-state index is -0.523. The third-order valence-electron chi connectivity index (χ3n) is 3.84. The molecule has 0 radical (unpaired) electrons. The second kappa shape index (κ2) is 5.81. The van der Waals surface area contributed by atoms with Gasteiger partial charge in [0.05, 0.1) is 0 Å². The van der Waals surface area contributed by atoms with Gasteiger partial charge >= 0.3 is 0 Å². The van der Waals surface area contributed by atoms with Crippen molar-refractivity contribution in [2.24, 2.45) is 0 Å². The number of carbonyl (C=O) groups excluding carboxylic acids is 2. The van der Waals surface area contributed by atoms with E-state index in [2.05, 4.69) is 5.32 Å². The van der Waals surface area contributed by atoms with Crippen molar-refractivity contribution in [2.75, 3.05) is 11.9 Å². The first-order valence-electron chi connectivity index (χ1n) is 7.00. The molecule has 0 aromatic heterocycles. The summed E-state index contributed by atoms with van der Waals surface area (Å²) in [7, 11) is 1.58. The summed E-state index contributed by atoms with van der Waals surface area (Å²) in [6.07, 6.45) is 0.523. The number of hydrogen-bond donors (Lipinski definition) is 1. The molecule has 4 nitrogen and oxygen atoms in total. The fraction of sp³-hybridized carbons (Fsp3) is 0.176. The van der Waals surface area contributed by atoms with E-state index in [1.165, 1.54) is 0 Å². The normalized spacial score (nSPS) is 16.3. The van der Waals surface area contributed by atoms with E-state index in [0.717, 1.165) is 11.3 Å². The molecule has 112 valence electrons. The predicted octanol–water partition coefficient (Wildman–Crippen LogP) is 2.66. The molecule has 1 aliphatic rings. The Morgan fingerprint density at radius 3 is 2.50 bits per heavy atom. The Balaban J connectivity index is 2.02. The Labute approximate surface area is 133 Å². The molecule has 3 rings (SSSR count). The van der Waals surface area contributed by atoms with Crippen LogP contribution in [0.5, 0.6) is 0 Å². The van der Waals surface area contributed by atoms with E-state index in [1.54, 1.807) is 36.2 Å². The molecule has 2 aromatic carbocycles. The van der Waals surface area contributed by atoms with E-state index in [4.69, 9.17) is 11.6 Å². The van der Waals surface area contributed by atoms with Crippen LogP contribution in [0.3, 0.4) is 0 Å². The van der Waals surface area contributed by atoms with Crippen LogP contribution in [-0.4, -0.2) is 24.9 Å². The zero-order valence-corrected chi connectivity index (χ0v) is 12.8. The molecule has 0 fully saturated rings. The average molecular weight is 315 g/mol. The van der Waals surface area contributed by atoms with Gasteiger partial charge < -0.3 is 5.32 Å². The molecule has 0 bridgehead atoms. The standard InChI is InChI=1S/C17H15ClN2O2/c1-19-16(21)15-10-12-4-2-3-5-14(12)20(15)17(22)11-6-8-13(18)9-7-11/h2-9,15H,10H2,1H3,(H,19,21). The Morgan fingerprint density at radius 1 is 1.14 bits per heavy atom. The topological polar surface area (TPSA) is 49.4 Å². The van der Waals surface area contributed by atoms with Crippen LogP contribution in [0.1, 0.15) is 15.9 Å². The molecule has 0 saturated heterocycles. The molecule has 2 amide bonds. The van der Waals surface area contributed by atoms with Gasteiger partial charge in [-0.25, -0.2) is 0 Å². The Morgan fingerprint density at radius 2 is 1.82 bits per heavy atom. The molecule has 1 N–H and O–H groups in total. The molecule has 0 aliphatic carbocycles. The van der Waals surface area contributed by atoms with Gasteiger partial charge in [0.25, 0.3) is 5.91 Å². The van der Waals surface area contributed by atoms with Crippen LogP contribution < -0.4 is 10.2 Å². The lowest BCUT2D eigenvalue weighted by molar-refractivity contribution is -0.121. The molecule has 1 heterocycles. The predicted molar refractivity (Wildman–Crippen MR) is 86.3 cm³/mol. The number of benzene rings is 2. The number of nitrogens with zero attached hydrogens (tertiary/aromatic N) is 1. The number of likely N-dealkylation sites (N-methyl/N-ethyl adjacent to an activating group) is 1. The summed E-state index contributed by atoms with van der Waals surface area (Å²) in [6, 6.07) is 13.8. The monoisotopic (exact) mass is 314 g/mol. The van der Waals surface area contributed by atoms with E-state index in [9.17, 15) is 9.59 Å². The largest absolute Gasteiger partial charge is 0.357 e. The summed E-state index contributed by atoms with van der Waals surface area (Å²) in [4.78, 5) is 26.6. The summed E-state index contributed by atoms with van der Waals surface area (Å²) >= 11 is 5.87. The van der Waals surface area contributed by atoms with Crippen molar-refractivity contribution in [2.45, 2.75) is 12.5 Å². The number of rotatable bonds is 2. The smallest absolute Gasteiger partial charge is 0.259 e. The quantitative estimate of drug-likeness (QED) is 0.926. The van der Waals surface area contributed by atoms with Crippen molar-refractivity contribution in [3.05, 3.63) is 64.7 Å². The lowest BCUT2D eigenvalue weighted by atomic mass is 10.1. The summed E-state index contributed by atoms with van der Waals surface area (Å²) in [5.74, 6) is -0.367. The third kappa shape index (κ3) is 2.46. The zero-order valence-electron chi connectivity index (χ0n) is 12.0.